The van der Waals surface area contributed by atoms with E-state index >= 15 is 0 Å². The van der Waals surface area contributed by atoms with E-state index in [-0.39, 0.29) is 5.92 Å². The maximum Gasteiger partial charge on any atom is 0.358 e. The second-order valence-corrected chi connectivity index (χ2v) is 4.09. The average molecular weight is 230 g/mol. The minimum Gasteiger partial charge on any atom is -0.464 e. The summed E-state index contributed by atoms with van der Waals surface area (Å²) >= 11 is 0. The zero-order valence-corrected chi connectivity index (χ0v) is 10.1. The number of carbonyl (C=O) groups is 1. The quantitative estimate of drug-likeness (QED) is 0.744. The van der Waals surface area contributed by atoms with Crippen LogP contribution in [0.2, 0.25) is 0 Å². The Labute approximate surface area is 99.7 Å². The van der Waals surface area contributed by atoms with E-state index in [0.717, 1.165) is 5.52 Å². The molecule has 0 aliphatic heterocycles. The third-order valence-corrected chi connectivity index (χ3v) is 2.52. The molecular formula is C13H14N2O2. The van der Waals surface area contributed by atoms with Gasteiger partial charge in [-0.1, -0.05) is 26.0 Å². The van der Waals surface area contributed by atoms with Crippen LogP contribution in [0.25, 0.3) is 11.0 Å². The van der Waals surface area contributed by atoms with Crippen LogP contribution in [-0.4, -0.2) is 23.0 Å². The maximum atomic E-state index is 11.7. The van der Waals surface area contributed by atoms with Crippen molar-refractivity contribution in [3.63, 3.8) is 0 Å². The Morgan fingerprint density at radius 3 is 2.29 bits per heavy atom. The van der Waals surface area contributed by atoms with E-state index in [2.05, 4.69) is 9.97 Å². The number of hydrogen-bond acceptors (Lipinski definition) is 4. The number of rotatable bonds is 2. The highest BCUT2D eigenvalue weighted by molar-refractivity contribution is 5.91. The number of aromatic nitrogens is 2. The molecule has 0 saturated carbocycles. The molecule has 0 aliphatic carbocycles. The molecule has 17 heavy (non-hydrogen) atoms. The highest BCUT2D eigenvalue weighted by Gasteiger charge is 2.18. The maximum absolute atomic E-state index is 11.7. The van der Waals surface area contributed by atoms with Gasteiger partial charge in [-0.2, -0.15) is 0 Å². The first-order valence-electron chi connectivity index (χ1n) is 5.48. The molecular weight excluding hydrogens is 216 g/mol. The van der Waals surface area contributed by atoms with Crippen LogP contribution in [0, 0.1) is 0 Å². The Bertz CT molecular complexity index is 564. The number of benzene rings is 1. The Kier molecular flexibility index (Phi) is 3.04. The van der Waals surface area contributed by atoms with Gasteiger partial charge in [-0.3, -0.25) is 0 Å². The highest BCUT2D eigenvalue weighted by Crippen LogP contribution is 2.20. The van der Waals surface area contributed by atoms with Crippen LogP contribution in [0.1, 0.15) is 35.9 Å². The average Bonchev–Trinajstić information content (AvgIpc) is 2.36. The van der Waals surface area contributed by atoms with Crippen molar-refractivity contribution in [2.75, 3.05) is 7.11 Å². The third-order valence-electron chi connectivity index (χ3n) is 2.52. The first-order chi connectivity index (χ1) is 8.13. The smallest absolute Gasteiger partial charge is 0.358 e. The van der Waals surface area contributed by atoms with E-state index in [1.807, 2.05) is 38.1 Å². The molecule has 0 fully saturated rings. The van der Waals surface area contributed by atoms with Gasteiger partial charge < -0.3 is 4.74 Å². The van der Waals surface area contributed by atoms with Crippen molar-refractivity contribution in [3.05, 3.63) is 35.7 Å². The number of hydrogen-bond donors (Lipinski definition) is 0. The molecule has 0 N–H and O–H groups in total. The van der Waals surface area contributed by atoms with E-state index in [0.29, 0.717) is 16.9 Å². The van der Waals surface area contributed by atoms with Gasteiger partial charge in [-0.05, 0) is 18.1 Å². The van der Waals surface area contributed by atoms with E-state index in [1.165, 1.54) is 7.11 Å². The van der Waals surface area contributed by atoms with Gasteiger partial charge in [-0.15, -0.1) is 0 Å². The minimum absolute atomic E-state index is 0.126. The Morgan fingerprint density at radius 1 is 1.18 bits per heavy atom. The number of carbonyl (C=O) groups excluding carboxylic acids is 1. The second-order valence-electron chi connectivity index (χ2n) is 4.09. The number of fused-ring (bicyclic) bond motifs is 1. The number of nitrogens with zero attached hydrogens (tertiary/aromatic N) is 2. The Balaban J connectivity index is 2.70. The normalized spacial score (nSPS) is 10.8. The van der Waals surface area contributed by atoms with Crippen LogP contribution < -0.4 is 0 Å². The summed E-state index contributed by atoms with van der Waals surface area (Å²) in [6.45, 7) is 3.95. The topological polar surface area (TPSA) is 52.1 Å². The van der Waals surface area contributed by atoms with Gasteiger partial charge in [-0.25, -0.2) is 14.8 Å². The SMILES string of the molecule is COC(=O)c1nc2ccccc2nc1C(C)C. The molecule has 0 unspecified atom stereocenters. The lowest BCUT2D eigenvalue weighted by Crippen LogP contribution is -2.12. The second kappa shape index (κ2) is 4.49. The molecule has 0 amide bonds. The molecule has 0 bridgehead atoms. The fraction of sp³-hybridized carbons (Fsp3) is 0.308. The number of ether oxygens (including phenoxy) is 1. The minimum atomic E-state index is -0.438. The van der Waals surface area contributed by atoms with E-state index in [4.69, 9.17) is 4.74 Å². The lowest BCUT2D eigenvalue weighted by molar-refractivity contribution is 0.0592. The van der Waals surface area contributed by atoms with Crippen molar-refractivity contribution in [3.8, 4) is 0 Å². The van der Waals surface area contributed by atoms with E-state index < -0.39 is 5.97 Å². The standard InChI is InChI=1S/C13H14N2O2/c1-8(2)11-12(13(16)17-3)15-10-7-5-4-6-9(10)14-11/h4-8H,1-3H3. The lowest BCUT2D eigenvalue weighted by atomic mass is 10.1. The zero-order chi connectivity index (χ0) is 12.4. The number of methoxy groups -OCH3 is 1. The number of esters is 1. The Morgan fingerprint density at radius 2 is 1.76 bits per heavy atom. The van der Waals surface area contributed by atoms with Crippen LogP contribution in [0.5, 0.6) is 0 Å². The van der Waals surface area contributed by atoms with Gasteiger partial charge >= 0.3 is 5.97 Å². The molecule has 0 radical (unpaired) electrons. The molecule has 88 valence electrons. The molecule has 0 atom stereocenters. The molecule has 4 nitrogen and oxygen atoms in total. The van der Waals surface area contributed by atoms with Crippen LogP contribution in [0.3, 0.4) is 0 Å². The van der Waals surface area contributed by atoms with Gasteiger partial charge in [0, 0.05) is 0 Å². The van der Waals surface area contributed by atoms with Crippen LogP contribution in [-0.2, 0) is 4.74 Å². The summed E-state index contributed by atoms with van der Waals surface area (Å²) < 4.78 is 4.73. The monoisotopic (exact) mass is 230 g/mol. The van der Waals surface area contributed by atoms with Gasteiger partial charge in [0.25, 0.3) is 0 Å². The molecule has 1 aromatic carbocycles. The van der Waals surface area contributed by atoms with Gasteiger partial charge in [0.05, 0.1) is 23.8 Å². The largest absolute Gasteiger partial charge is 0.464 e. The fourth-order valence-corrected chi connectivity index (χ4v) is 1.66. The highest BCUT2D eigenvalue weighted by atomic mass is 16.5. The van der Waals surface area contributed by atoms with Crippen molar-refractivity contribution in [1.82, 2.24) is 9.97 Å². The summed E-state index contributed by atoms with van der Waals surface area (Å²) in [5, 5.41) is 0. The predicted molar refractivity (Wildman–Crippen MR) is 65.0 cm³/mol. The fourth-order valence-electron chi connectivity index (χ4n) is 1.66. The van der Waals surface area contributed by atoms with Crippen molar-refractivity contribution in [2.45, 2.75) is 19.8 Å². The van der Waals surface area contributed by atoms with Crippen LogP contribution in [0.15, 0.2) is 24.3 Å². The summed E-state index contributed by atoms with van der Waals surface area (Å²) in [4.78, 5) is 20.5. The molecule has 0 saturated heterocycles. The van der Waals surface area contributed by atoms with Gasteiger partial charge in [0.15, 0.2) is 5.69 Å². The number of para-hydroxylation sites is 2. The van der Waals surface area contributed by atoms with Crippen LogP contribution in [0.4, 0.5) is 0 Å². The molecule has 4 heteroatoms. The third kappa shape index (κ3) is 2.11. The summed E-state index contributed by atoms with van der Waals surface area (Å²) in [5.74, 6) is -0.312. The van der Waals surface area contributed by atoms with Crippen molar-refractivity contribution >= 4 is 17.0 Å². The first-order valence-corrected chi connectivity index (χ1v) is 5.48. The molecule has 0 spiro atoms. The summed E-state index contributed by atoms with van der Waals surface area (Å²) in [5.41, 5.74) is 2.48. The predicted octanol–water partition coefficient (Wildman–Crippen LogP) is 2.54. The lowest BCUT2D eigenvalue weighted by Gasteiger charge is -2.10. The molecule has 1 aromatic heterocycles. The van der Waals surface area contributed by atoms with E-state index in [9.17, 15) is 4.79 Å². The van der Waals surface area contributed by atoms with E-state index in [1.54, 1.807) is 0 Å². The van der Waals surface area contributed by atoms with Gasteiger partial charge in [0.1, 0.15) is 0 Å². The molecule has 2 aromatic rings. The van der Waals surface area contributed by atoms with Crippen molar-refractivity contribution in [2.24, 2.45) is 0 Å². The first kappa shape index (κ1) is 11.5. The Hall–Kier alpha value is -1.97. The van der Waals surface area contributed by atoms with Crippen molar-refractivity contribution < 1.29 is 9.53 Å². The molecule has 1 heterocycles. The summed E-state index contributed by atoms with van der Waals surface area (Å²) in [7, 11) is 1.35. The van der Waals surface area contributed by atoms with Crippen molar-refractivity contribution in [1.29, 1.82) is 0 Å². The van der Waals surface area contributed by atoms with Crippen LogP contribution >= 0.6 is 0 Å². The molecule has 0 aliphatic rings. The van der Waals surface area contributed by atoms with Gasteiger partial charge in [0.2, 0.25) is 0 Å². The molecule has 2 rings (SSSR count). The summed E-state index contributed by atoms with van der Waals surface area (Å²) in [6.07, 6.45) is 0. The zero-order valence-electron chi connectivity index (χ0n) is 10.1. The summed E-state index contributed by atoms with van der Waals surface area (Å²) in [6, 6.07) is 7.49.